The van der Waals surface area contributed by atoms with Crippen molar-refractivity contribution in [3.8, 4) is 22.9 Å². The van der Waals surface area contributed by atoms with Gasteiger partial charge in [0.05, 0.1) is 5.75 Å². The Morgan fingerprint density at radius 3 is 2.80 bits per heavy atom. The van der Waals surface area contributed by atoms with Crippen LogP contribution < -0.4 is 14.4 Å². The van der Waals surface area contributed by atoms with Crippen molar-refractivity contribution in [2.24, 2.45) is 7.05 Å². The van der Waals surface area contributed by atoms with Crippen molar-refractivity contribution in [3.63, 3.8) is 0 Å². The summed E-state index contributed by atoms with van der Waals surface area (Å²) in [6.07, 6.45) is 0.894. The minimum absolute atomic E-state index is 0.0846. The van der Waals surface area contributed by atoms with Gasteiger partial charge in [-0.05, 0) is 43.2 Å². The van der Waals surface area contributed by atoms with Crippen LogP contribution >= 0.6 is 11.8 Å². The number of hydrogen-bond acceptors (Lipinski definition) is 6. The van der Waals surface area contributed by atoms with E-state index >= 15 is 0 Å². The molecule has 0 spiro atoms. The maximum atomic E-state index is 13.0. The van der Waals surface area contributed by atoms with Crippen LogP contribution in [0.1, 0.15) is 12.5 Å². The van der Waals surface area contributed by atoms with E-state index in [0.717, 1.165) is 29.2 Å². The zero-order chi connectivity index (χ0) is 20.7. The average Bonchev–Trinajstić information content (AvgIpc) is 3.30. The molecule has 0 bridgehead atoms. The Balaban J connectivity index is 1.31. The van der Waals surface area contributed by atoms with E-state index in [9.17, 15) is 4.79 Å². The van der Waals surface area contributed by atoms with Crippen molar-refractivity contribution in [2.75, 3.05) is 23.9 Å². The standard InChI is InChI=1S/C22H22N4O3S/c1-14-11-15-5-3-4-6-17(15)26(14)20(27)13-30-22-24-23-21(25(22)2)16-7-8-18-19(12-16)29-10-9-28-18/h3-8,12,14H,9-11,13H2,1-2H3. The van der Waals surface area contributed by atoms with Gasteiger partial charge in [-0.2, -0.15) is 0 Å². The summed E-state index contributed by atoms with van der Waals surface area (Å²) < 4.78 is 13.2. The van der Waals surface area contributed by atoms with Crippen LogP contribution in [0.2, 0.25) is 0 Å². The second-order valence-corrected chi connectivity index (χ2v) is 8.40. The van der Waals surface area contributed by atoms with E-state index in [1.165, 1.54) is 17.3 Å². The second kappa shape index (κ2) is 7.68. The molecule has 8 heteroatoms. The van der Waals surface area contributed by atoms with Gasteiger partial charge in [0, 0.05) is 24.3 Å². The van der Waals surface area contributed by atoms with E-state index in [1.54, 1.807) is 0 Å². The van der Waals surface area contributed by atoms with Crippen LogP contribution in [0.15, 0.2) is 47.6 Å². The number of rotatable bonds is 4. The van der Waals surface area contributed by atoms with E-state index in [4.69, 9.17) is 9.47 Å². The van der Waals surface area contributed by atoms with Gasteiger partial charge in [-0.25, -0.2) is 0 Å². The molecule has 3 aromatic rings. The van der Waals surface area contributed by atoms with Crippen LogP contribution in [0, 0.1) is 0 Å². The van der Waals surface area contributed by atoms with Gasteiger partial charge in [-0.3, -0.25) is 4.79 Å². The molecule has 0 aliphatic carbocycles. The highest BCUT2D eigenvalue weighted by molar-refractivity contribution is 7.99. The Bertz CT molecular complexity index is 1110. The van der Waals surface area contributed by atoms with Crippen LogP contribution in [-0.4, -0.2) is 45.7 Å². The van der Waals surface area contributed by atoms with Gasteiger partial charge in [0.1, 0.15) is 13.2 Å². The Morgan fingerprint density at radius 2 is 1.93 bits per heavy atom. The molecule has 0 saturated heterocycles. The maximum absolute atomic E-state index is 13.0. The summed E-state index contributed by atoms with van der Waals surface area (Å²) in [4.78, 5) is 14.9. The van der Waals surface area contributed by atoms with Crippen molar-refractivity contribution < 1.29 is 14.3 Å². The van der Waals surface area contributed by atoms with E-state index in [0.29, 0.717) is 29.9 Å². The zero-order valence-corrected chi connectivity index (χ0v) is 17.7. The highest BCUT2D eigenvalue weighted by Gasteiger charge is 2.30. The summed E-state index contributed by atoms with van der Waals surface area (Å²) in [7, 11) is 1.91. The number of benzene rings is 2. The highest BCUT2D eigenvalue weighted by Crippen LogP contribution is 2.35. The molecule has 2 aliphatic heterocycles. The van der Waals surface area contributed by atoms with E-state index < -0.39 is 0 Å². The molecular weight excluding hydrogens is 400 g/mol. The lowest BCUT2D eigenvalue weighted by molar-refractivity contribution is -0.116. The zero-order valence-electron chi connectivity index (χ0n) is 16.9. The number of nitrogens with zero attached hydrogens (tertiary/aromatic N) is 4. The molecule has 3 heterocycles. The fraction of sp³-hybridized carbons (Fsp3) is 0.318. The predicted molar refractivity (Wildman–Crippen MR) is 115 cm³/mol. The van der Waals surface area contributed by atoms with Crippen LogP contribution in [0.5, 0.6) is 11.5 Å². The fourth-order valence-electron chi connectivity index (χ4n) is 4.02. The number of aromatic nitrogens is 3. The summed E-state index contributed by atoms with van der Waals surface area (Å²) in [6.45, 7) is 3.19. The van der Waals surface area contributed by atoms with Crippen molar-refractivity contribution in [3.05, 3.63) is 48.0 Å². The molecule has 0 radical (unpaired) electrons. The number of anilines is 1. The van der Waals surface area contributed by atoms with Gasteiger partial charge >= 0.3 is 0 Å². The van der Waals surface area contributed by atoms with Gasteiger partial charge in [0.2, 0.25) is 5.91 Å². The number of hydrogen-bond donors (Lipinski definition) is 0. The lowest BCUT2D eigenvalue weighted by atomic mass is 10.1. The molecule has 2 aliphatic rings. The third-order valence-electron chi connectivity index (χ3n) is 5.44. The average molecular weight is 423 g/mol. The van der Waals surface area contributed by atoms with Gasteiger partial charge in [0.15, 0.2) is 22.5 Å². The van der Waals surface area contributed by atoms with E-state index in [1.807, 2.05) is 52.9 Å². The van der Waals surface area contributed by atoms with Gasteiger partial charge in [-0.1, -0.05) is 30.0 Å². The first-order chi connectivity index (χ1) is 14.6. The van der Waals surface area contributed by atoms with Crippen molar-refractivity contribution >= 4 is 23.4 Å². The van der Waals surface area contributed by atoms with Crippen LogP contribution in [0.25, 0.3) is 11.4 Å². The molecule has 7 nitrogen and oxygen atoms in total. The Morgan fingerprint density at radius 1 is 1.13 bits per heavy atom. The maximum Gasteiger partial charge on any atom is 0.237 e. The molecule has 0 fully saturated rings. The van der Waals surface area contributed by atoms with Crippen molar-refractivity contribution in [1.29, 1.82) is 0 Å². The smallest absolute Gasteiger partial charge is 0.237 e. The molecule has 5 rings (SSSR count). The van der Waals surface area contributed by atoms with Crippen molar-refractivity contribution in [1.82, 2.24) is 14.8 Å². The lowest BCUT2D eigenvalue weighted by Crippen LogP contribution is -2.37. The Labute approximate surface area is 179 Å². The van der Waals surface area contributed by atoms with E-state index in [-0.39, 0.29) is 11.9 Å². The number of amides is 1. The topological polar surface area (TPSA) is 69.5 Å². The number of ether oxygens (including phenoxy) is 2. The largest absolute Gasteiger partial charge is 0.486 e. The molecule has 1 atom stereocenters. The highest BCUT2D eigenvalue weighted by atomic mass is 32.2. The molecule has 154 valence electrons. The molecule has 1 amide bonds. The Kier molecular flexibility index (Phi) is 4.86. The summed E-state index contributed by atoms with van der Waals surface area (Å²) in [5.74, 6) is 2.58. The molecule has 2 aromatic carbocycles. The molecule has 0 N–H and O–H groups in total. The predicted octanol–water partition coefficient (Wildman–Crippen LogP) is 3.32. The minimum atomic E-state index is 0.0846. The first kappa shape index (κ1) is 19.0. The first-order valence-electron chi connectivity index (χ1n) is 9.94. The number of thioether (sulfide) groups is 1. The molecule has 1 unspecified atom stereocenters. The Hall–Kier alpha value is -3.00. The summed E-state index contributed by atoms with van der Waals surface area (Å²) in [6, 6.07) is 14.0. The molecule has 30 heavy (non-hydrogen) atoms. The number of para-hydroxylation sites is 1. The molecular formula is C22H22N4O3S. The minimum Gasteiger partial charge on any atom is -0.486 e. The van der Waals surface area contributed by atoms with Crippen LogP contribution in [0.4, 0.5) is 5.69 Å². The number of carbonyl (C=O) groups excluding carboxylic acids is 1. The fourth-order valence-corrected chi connectivity index (χ4v) is 4.79. The lowest BCUT2D eigenvalue weighted by Gasteiger charge is -2.22. The SMILES string of the molecule is CC1Cc2ccccc2N1C(=O)CSc1nnc(-c2ccc3c(c2)OCCO3)n1C. The monoisotopic (exact) mass is 422 g/mol. The summed E-state index contributed by atoms with van der Waals surface area (Å²) in [5.41, 5.74) is 3.14. The van der Waals surface area contributed by atoms with Gasteiger partial charge in [-0.15, -0.1) is 10.2 Å². The quantitative estimate of drug-likeness (QED) is 0.601. The third kappa shape index (κ3) is 3.31. The summed E-state index contributed by atoms with van der Waals surface area (Å²) >= 11 is 1.41. The number of fused-ring (bicyclic) bond motifs is 2. The van der Waals surface area contributed by atoms with Gasteiger partial charge in [0.25, 0.3) is 0 Å². The van der Waals surface area contributed by atoms with Crippen LogP contribution in [-0.2, 0) is 18.3 Å². The van der Waals surface area contributed by atoms with E-state index in [2.05, 4.69) is 23.2 Å². The number of carbonyl (C=O) groups is 1. The summed E-state index contributed by atoms with van der Waals surface area (Å²) in [5, 5.41) is 9.33. The second-order valence-electron chi connectivity index (χ2n) is 7.46. The normalized spacial score (nSPS) is 17.1. The molecule has 1 aromatic heterocycles. The van der Waals surface area contributed by atoms with Gasteiger partial charge < -0.3 is 18.9 Å². The van der Waals surface area contributed by atoms with Crippen molar-refractivity contribution in [2.45, 2.75) is 24.5 Å². The van der Waals surface area contributed by atoms with Crippen LogP contribution in [0.3, 0.4) is 0 Å². The first-order valence-corrected chi connectivity index (χ1v) is 10.9. The third-order valence-corrected chi connectivity index (χ3v) is 6.44. The molecule has 0 saturated carbocycles.